The average Bonchev–Trinajstić information content (AvgIpc) is 2.68. The van der Waals surface area contributed by atoms with Crippen molar-refractivity contribution in [3.05, 3.63) is 41.2 Å². The molecule has 0 fully saturated rings. The second kappa shape index (κ2) is 7.69. The molecule has 3 heteroatoms. The summed E-state index contributed by atoms with van der Waals surface area (Å²) < 4.78 is 3.55. The van der Waals surface area contributed by atoms with Crippen molar-refractivity contribution in [1.29, 1.82) is 0 Å². The van der Waals surface area contributed by atoms with E-state index in [1.165, 1.54) is 0 Å². The van der Waals surface area contributed by atoms with Gasteiger partial charge in [-0.3, -0.25) is 0 Å². The second-order valence-electron chi connectivity index (χ2n) is 6.26. The van der Waals surface area contributed by atoms with Crippen molar-refractivity contribution in [1.82, 2.24) is 0 Å². The predicted octanol–water partition coefficient (Wildman–Crippen LogP) is -0.403. The van der Waals surface area contributed by atoms with Crippen LogP contribution < -0.4 is 24.8 Å². The van der Waals surface area contributed by atoms with Gasteiger partial charge in [-0.2, -0.15) is 0 Å². The smallest absolute Gasteiger partial charge is 1.00 e. The van der Waals surface area contributed by atoms with Crippen LogP contribution >= 0.6 is 0 Å². The summed E-state index contributed by atoms with van der Waals surface area (Å²) >= 11 is -0.132. The molecule has 0 saturated heterocycles. The molecule has 0 bridgehead atoms. The first kappa shape index (κ1) is 21.3. The van der Waals surface area contributed by atoms with Gasteiger partial charge < -0.3 is 24.8 Å². The topological polar surface area (TPSA) is 0 Å². The van der Waals surface area contributed by atoms with Crippen LogP contribution in [-0.4, -0.2) is 0 Å². The Hall–Kier alpha value is 0.254. The van der Waals surface area contributed by atoms with Gasteiger partial charge in [0.2, 0.25) is 0 Å². The molecule has 0 aromatic heterocycles. The van der Waals surface area contributed by atoms with E-state index in [-0.39, 0.29) is 44.0 Å². The fraction of sp³-hybridized carbons (Fsp3) is 0.556. The number of hydrogen-bond donors (Lipinski definition) is 0. The van der Waals surface area contributed by atoms with E-state index in [2.05, 4.69) is 55.4 Å². The molecule has 0 radical (unpaired) electrons. The van der Waals surface area contributed by atoms with Gasteiger partial charge in [0, 0.05) is 0 Å². The molecule has 2 rings (SSSR count). The Kier molecular flexibility index (Phi) is 7.78. The first-order valence-electron chi connectivity index (χ1n) is 7.31. The molecule has 21 heavy (non-hydrogen) atoms. The van der Waals surface area contributed by atoms with Crippen LogP contribution in [0.4, 0.5) is 0 Å². The Morgan fingerprint density at radius 1 is 0.571 bits per heavy atom. The van der Waals surface area contributed by atoms with Crippen molar-refractivity contribution >= 4 is 0 Å². The van der Waals surface area contributed by atoms with Gasteiger partial charge in [0.1, 0.15) is 0 Å². The monoisotopic (exact) mass is 360 g/mol. The van der Waals surface area contributed by atoms with E-state index in [9.17, 15) is 0 Å². The van der Waals surface area contributed by atoms with Gasteiger partial charge in [-0.1, -0.05) is 0 Å². The van der Waals surface area contributed by atoms with Crippen LogP contribution in [0.2, 0.25) is 0 Å². The Balaban J connectivity index is 0.00000200. The van der Waals surface area contributed by atoms with E-state index in [0.717, 1.165) is 0 Å². The molecular formula is C18H26Cl2Ti. The molecule has 0 amide bonds. The molecule has 2 aliphatic rings. The van der Waals surface area contributed by atoms with Crippen molar-refractivity contribution in [2.75, 3.05) is 0 Å². The molecule has 0 nitrogen and oxygen atoms in total. The Morgan fingerprint density at radius 3 is 1.05 bits per heavy atom. The molecule has 0 aromatic rings. The normalized spacial score (nSPS) is 25.3. The Bertz CT molecular complexity index is 512. The molecule has 2 atom stereocenters. The van der Waals surface area contributed by atoms with E-state index >= 15 is 0 Å². The summed E-state index contributed by atoms with van der Waals surface area (Å²) in [5.41, 5.74) is 9.50. The summed E-state index contributed by atoms with van der Waals surface area (Å²) in [6, 6.07) is 0. The Morgan fingerprint density at radius 2 is 0.857 bits per heavy atom. The third-order valence-electron chi connectivity index (χ3n) is 5.55. The quantitative estimate of drug-likeness (QED) is 0.588. The molecular weight excluding hydrogens is 335 g/mol. The van der Waals surface area contributed by atoms with Crippen LogP contribution in [0.25, 0.3) is 0 Å². The Labute approximate surface area is 152 Å². The maximum absolute atomic E-state index is 2.40. The van der Waals surface area contributed by atoms with Gasteiger partial charge in [0.05, 0.1) is 0 Å². The molecule has 0 aliphatic heterocycles. The van der Waals surface area contributed by atoms with Crippen molar-refractivity contribution in [3.63, 3.8) is 0 Å². The molecule has 2 aliphatic carbocycles. The fourth-order valence-electron chi connectivity index (χ4n) is 3.28. The summed E-state index contributed by atoms with van der Waals surface area (Å²) in [5.74, 6) is 1.38. The second-order valence-corrected chi connectivity index (χ2v) is 8.33. The van der Waals surface area contributed by atoms with Gasteiger partial charge >= 0.3 is 128 Å². The van der Waals surface area contributed by atoms with Crippen molar-refractivity contribution < 1.29 is 44.0 Å². The van der Waals surface area contributed by atoms with Crippen LogP contribution in [0.15, 0.2) is 41.2 Å². The molecule has 0 aromatic carbocycles. The minimum Gasteiger partial charge on any atom is -1.00 e. The van der Waals surface area contributed by atoms with E-state index < -0.39 is 0 Å². The van der Waals surface area contributed by atoms with Gasteiger partial charge in [0.25, 0.3) is 0 Å². The average molecular weight is 361 g/mol. The van der Waals surface area contributed by atoms with Crippen molar-refractivity contribution in [3.8, 4) is 0 Å². The van der Waals surface area contributed by atoms with Gasteiger partial charge in [0.15, 0.2) is 0 Å². The minimum absolute atomic E-state index is 0. The van der Waals surface area contributed by atoms with Gasteiger partial charge in [-0.05, 0) is 0 Å². The zero-order valence-corrected chi connectivity index (χ0v) is 17.5. The van der Waals surface area contributed by atoms with Crippen LogP contribution in [0.1, 0.15) is 55.4 Å². The van der Waals surface area contributed by atoms with Crippen LogP contribution in [0.5, 0.6) is 0 Å². The van der Waals surface area contributed by atoms with Gasteiger partial charge in [-0.15, -0.1) is 0 Å². The van der Waals surface area contributed by atoms with Gasteiger partial charge in [-0.25, -0.2) is 0 Å². The van der Waals surface area contributed by atoms with E-state index in [1.807, 2.05) is 0 Å². The molecule has 0 spiro atoms. The maximum atomic E-state index is 2.40. The van der Waals surface area contributed by atoms with Crippen molar-refractivity contribution in [2.24, 2.45) is 11.8 Å². The summed E-state index contributed by atoms with van der Waals surface area (Å²) in [4.78, 5) is 0. The largest absolute Gasteiger partial charge is 1.00 e. The van der Waals surface area contributed by atoms with Crippen LogP contribution in [0.3, 0.4) is 0 Å². The minimum atomic E-state index is -0.132. The third-order valence-corrected chi connectivity index (χ3v) is 8.92. The van der Waals surface area contributed by atoms with E-state index in [0.29, 0.717) is 11.8 Å². The predicted molar refractivity (Wildman–Crippen MR) is 80.5 cm³/mol. The first-order valence-corrected chi connectivity index (χ1v) is 8.87. The summed E-state index contributed by atoms with van der Waals surface area (Å²) in [6.07, 6.45) is 0. The molecule has 0 saturated carbocycles. The fourth-order valence-corrected chi connectivity index (χ4v) is 6.25. The zero-order chi connectivity index (χ0) is 14.5. The summed E-state index contributed by atoms with van der Waals surface area (Å²) in [7, 11) is 0. The number of rotatable bonds is 2. The third kappa shape index (κ3) is 3.45. The standard InChI is InChI=1S/2C9H13.2ClH.Ti/c2*1-6-5-7(2)9(4)8(6)3;;;/h2*6H,1-4H3;2*1H;/q;;;;+2/p-2. The number of hydrogen-bond acceptors (Lipinski definition) is 0. The zero-order valence-electron chi connectivity index (χ0n) is 14.4. The maximum Gasteiger partial charge on any atom is -1.00 e. The number of halogens is 2. The molecule has 2 unspecified atom stereocenters. The van der Waals surface area contributed by atoms with E-state index in [4.69, 9.17) is 0 Å². The van der Waals surface area contributed by atoms with Crippen molar-refractivity contribution in [2.45, 2.75) is 55.4 Å². The summed E-state index contributed by atoms with van der Waals surface area (Å²) in [6.45, 7) is 18.7. The first-order chi connectivity index (χ1) is 8.77. The van der Waals surface area contributed by atoms with E-state index in [1.54, 1.807) is 41.2 Å². The molecule has 0 heterocycles. The molecule has 116 valence electrons. The van der Waals surface area contributed by atoms with Crippen LogP contribution in [0, 0.1) is 11.8 Å². The number of allylic oxidation sites excluding steroid dienone is 8. The summed E-state index contributed by atoms with van der Waals surface area (Å²) in [5, 5.41) is 0. The SMILES string of the molecule is CC1=C(C)C(C)[C]([Ti+2][C]2=C(C)C(C)=C(C)C2C)=C1C.[Cl-].[Cl-]. The van der Waals surface area contributed by atoms with Crippen LogP contribution in [-0.2, 0) is 19.2 Å². The molecule has 0 N–H and O–H groups in total.